The molecule has 0 saturated carbocycles. The molecule has 0 spiro atoms. The van der Waals surface area contributed by atoms with Crippen LogP contribution in [0.25, 0.3) is 11.1 Å². The second-order valence-corrected chi connectivity index (χ2v) is 6.20. The molecule has 0 N–H and O–H groups in total. The van der Waals surface area contributed by atoms with Gasteiger partial charge in [0.15, 0.2) is 0 Å². The third kappa shape index (κ3) is 3.73. The van der Waals surface area contributed by atoms with Gasteiger partial charge in [-0.05, 0) is 34.7 Å². The highest BCUT2D eigenvalue weighted by atomic mass is 19.1. The van der Waals surface area contributed by atoms with Crippen LogP contribution in [-0.4, -0.2) is 0 Å². The maximum Gasteiger partial charge on any atom is 0.127 e. The predicted molar refractivity (Wildman–Crippen MR) is 99.6 cm³/mol. The standard InChI is InChI=1S/C23H23F/c1-2-3-11-21(22-12-7-8-13-23(22)24)20-16-14-19(15-17-20)18-9-5-4-6-10-18/h4-10,12-17,21H,2-3,11H2,1H3. The van der Waals surface area contributed by atoms with Crippen LogP contribution in [0, 0.1) is 5.82 Å². The molecule has 3 aromatic carbocycles. The molecule has 3 aromatic rings. The van der Waals surface area contributed by atoms with Gasteiger partial charge in [0, 0.05) is 5.92 Å². The van der Waals surface area contributed by atoms with E-state index >= 15 is 0 Å². The minimum atomic E-state index is -0.106. The first-order valence-electron chi connectivity index (χ1n) is 8.69. The van der Waals surface area contributed by atoms with Gasteiger partial charge in [0.2, 0.25) is 0 Å². The van der Waals surface area contributed by atoms with Crippen molar-refractivity contribution in [1.82, 2.24) is 0 Å². The molecular formula is C23H23F. The van der Waals surface area contributed by atoms with E-state index in [1.54, 1.807) is 12.1 Å². The van der Waals surface area contributed by atoms with Crippen molar-refractivity contribution < 1.29 is 4.39 Å². The van der Waals surface area contributed by atoms with Gasteiger partial charge in [-0.3, -0.25) is 0 Å². The van der Waals surface area contributed by atoms with Gasteiger partial charge in [0.1, 0.15) is 5.82 Å². The first kappa shape index (κ1) is 16.4. The van der Waals surface area contributed by atoms with Gasteiger partial charge in [0.25, 0.3) is 0 Å². The summed E-state index contributed by atoms with van der Waals surface area (Å²) < 4.78 is 14.3. The molecule has 1 heteroatoms. The van der Waals surface area contributed by atoms with Crippen molar-refractivity contribution in [2.24, 2.45) is 0 Å². The fourth-order valence-electron chi connectivity index (χ4n) is 3.21. The topological polar surface area (TPSA) is 0 Å². The largest absolute Gasteiger partial charge is 0.207 e. The molecule has 0 nitrogen and oxygen atoms in total. The van der Waals surface area contributed by atoms with E-state index in [4.69, 9.17) is 0 Å². The molecule has 0 heterocycles. The first-order chi connectivity index (χ1) is 11.8. The summed E-state index contributed by atoms with van der Waals surface area (Å²) in [6, 6.07) is 26.1. The quantitative estimate of drug-likeness (QED) is 0.468. The van der Waals surface area contributed by atoms with Crippen LogP contribution in [-0.2, 0) is 0 Å². The van der Waals surface area contributed by atoms with Crippen molar-refractivity contribution in [2.45, 2.75) is 32.1 Å². The molecule has 0 fully saturated rings. The third-order valence-electron chi connectivity index (χ3n) is 4.55. The Labute approximate surface area is 144 Å². The second-order valence-electron chi connectivity index (χ2n) is 6.20. The number of hydrogen-bond donors (Lipinski definition) is 0. The summed E-state index contributed by atoms with van der Waals surface area (Å²) in [6.07, 6.45) is 3.19. The van der Waals surface area contributed by atoms with Gasteiger partial charge < -0.3 is 0 Å². The van der Waals surface area contributed by atoms with Crippen LogP contribution in [0.4, 0.5) is 4.39 Å². The number of unbranched alkanes of at least 4 members (excludes halogenated alkanes) is 1. The lowest BCUT2D eigenvalue weighted by Gasteiger charge is -2.19. The van der Waals surface area contributed by atoms with Crippen molar-refractivity contribution in [1.29, 1.82) is 0 Å². The minimum absolute atomic E-state index is 0.106. The van der Waals surface area contributed by atoms with Gasteiger partial charge >= 0.3 is 0 Å². The molecule has 0 amide bonds. The summed E-state index contributed by atoms with van der Waals surface area (Å²) in [4.78, 5) is 0. The summed E-state index contributed by atoms with van der Waals surface area (Å²) >= 11 is 0. The Bertz CT molecular complexity index is 760. The highest BCUT2D eigenvalue weighted by Gasteiger charge is 2.17. The molecule has 122 valence electrons. The van der Waals surface area contributed by atoms with E-state index in [0.717, 1.165) is 24.8 Å². The zero-order chi connectivity index (χ0) is 16.8. The average Bonchev–Trinajstić information content (AvgIpc) is 2.64. The minimum Gasteiger partial charge on any atom is -0.207 e. The smallest absolute Gasteiger partial charge is 0.127 e. The lowest BCUT2D eigenvalue weighted by molar-refractivity contribution is 0.573. The van der Waals surface area contributed by atoms with Crippen LogP contribution >= 0.6 is 0 Å². The summed E-state index contributed by atoms with van der Waals surface area (Å²) in [6.45, 7) is 2.18. The van der Waals surface area contributed by atoms with E-state index in [2.05, 4.69) is 43.3 Å². The predicted octanol–water partition coefficient (Wildman–Crippen LogP) is 6.81. The molecule has 1 unspecified atom stereocenters. The third-order valence-corrected chi connectivity index (χ3v) is 4.55. The van der Waals surface area contributed by atoms with E-state index < -0.39 is 0 Å². The average molecular weight is 318 g/mol. The zero-order valence-electron chi connectivity index (χ0n) is 14.1. The fourth-order valence-corrected chi connectivity index (χ4v) is 3.21. The molecule has 0 aliphatic heterocycles. The van der Waals surface area contributed by atoms with Crippen LogP contribution in [0.2, 0.25) is 0 Å². The highest BCUT2D eigenvalue weighted by Crippen LogP contribution is 2.32. The van der Waals surface area contributed by atoms with E-state index in [1.165, 1.54) is 16.7 Å². The van der Waals surface area contributed by atoms with Crippen molar-refractivity contribution >= 4 is 0 Å². The number of rotatable bonds is 6. The van der Waals surface area contributed by atoms with E-state index in [1.807, 2.05) is 30.3 Å². The van der Waals surface area contributed by atoms with Gasteiger partial charge in [0.05, 0.1) is 0 Å². The van der Waals surface area contributed by atoms with E-state index in [9.17, 15) is 4.39 Å². The normalized spacial score (nSPS) is 12.1. The van der Waals surface area contributed by atoms with Crippen LogP contribution in [0.15, 0.2) is 78.9 Å². The number of hydrogen-bond acceptors (Lipinski definition) is 0. The Hall–Kier alpha value is -2.41. The Kier molecular flexibility index (Phi) is 5.43. The van der Waals surface area contributed by atoms with Crippen molar-refractivity contribution in [3.05, 3.63) is 95.8 Å². The van der Waals surface area contributed by atoms with E-state index in [0.29, 0.717) is 0 Å². The van der Waals surface area contributed by atoms with Gasteiger partial charge in [-0.25, -0.2) is 4.39 Å². The summed E-state index contributed by atoms with van der Waals surface area (Å²) in [5, 5.41) is 0. The molecule has 0 saturated heterocycles. The first-order valence-corrected chi connectivity index (χ1v) is 8.69. The van der Waals surface area contributed by atoms with Crippen molar-refractivity contribution in [2.75, 3.05) is 0 Å². The van der Waals surface area contributed by atoms with Gasteiger partial charge in [-0.2, -0.15) is 0 Å². The van der Waals surface area contributed by atoms with Crippen LogP contribution < -0.4 is 0 Å². The Morgan fingerprint density at radius 2 is 1.38 bits per heavy atom. The van der Waals surface area contributed by atoms with Crippen molar-refractivity contribution in [3.63, 3.8) is 0 Å². The summed E-state index contributed by atoms with van der Waals surface area (Å²) in [5.74, 6) is 0.0155. The lowest BCUT2D eigenvalue weighted by atomic mass is 9.86. The van der Waals surface area contributed by atoms with Crippen LogP contribution in [0.3, 0.4) is 0 Å². The molecule has 0 radical (unpaired) electrons. The summed E-state index contributed by atoms with van der Waals surface area (Å²) in [5.41, 5.74) is 4.40. The van der Waals surface area contributed by atoms with Crippen LogP contribution in [0.5, 0.6) is 0 Å². The Morgan fingerprint density at radius 1 is 0.750 bits per heavy atom. The Balaban J connectivity index is 1.92. The SMILES string of the molecule is CCCCC(c1ccc(-c2ccccc2)cc1)c1ccccc1F. The maximum atomic E-state index is 14.3. The number of halogens is 1. The second kappa shape index (κ2) is 7.92. The molecule has 0 aromatic heterocycles. The fraction of sp³-hybridized carbons (Fsp3) is 0.217. The van der Waals surface area contributed by atoms with Crippen molar-refractivity contribution in [3.8, 4) is 11.1 Å². The molecule has 3 rings (SSSR count). The lowest BCUT2D eigenvalue weighted by Crippen LogP contribution is -2.04. The number of benzene rings is 3. The molecule has 0 aliphatic carbocycles. The summed E-state index contributed by atoms with van der Waals surface area (Å²) in [7, 11) is 0. The zero-order valence-corrected chi connectivity index (χ0v) is 14.1. The Morgan fingerprint density at radius 3 is 2.04 bits per heavy atom. The van der Waals surface area contributed by atoms with Crippen LogP contribution in [0.1, 0.15) is 43.2 Å². The molecule has 1 atom stereocenters. The molecule has 0 bridgehead atoms. The molecule has 24 heavy (non-hydrogen) atoms. The molecular weight excluding hydrogens is 295 g/mol. The van der Waals surface area contributed by atoms with E-state index in [-0.39, 0.29) is 11.7 Å². The highest BCUT2D eigenvalue weighted by molar-refractivity contribution is 5.63. The molecule has 0 aliphatic rings. The maximum absolute atomic E-state index is 14.3. The van der Waals surface area contributed by atoms with Gasteiger partial charge in [-0.1, -0.05) is 92.6 Å². The monoisotopic (exact) mass is 318 g/mol. The van der Waals surface area contributed by atoms with Gasteiger partial charge in [-0.15, -0.1) is 0 Å².